The van der Waals surface area contributed by atoms with Gasteiger partial charge in [0.15, 0.2) is 0 Å². The zero-order chi connectivity index (χ0) is 13.1. The lowest BCUT2D eigenvalue weighted by atomic mass is 10.1. The minimum absolute atomic E-state index is 0.207. The van der Waals surface area contributed by atoms with Gasteiger partial charge in [-0.2, -0.15) is 0 Å². The van der Waals surface area contributed by atoms with Gasteiger partial charge in [0.05, 0.1) is 0 Å². The minimum atomic E-state index is 0.207. The largest absolute Gasteiger partial charge is 0.331 e. The summed E-state index contributed by atoms with van der Waals surface area (Å²) in [7, 11) is 0. The molecule has 1 amide bonds. The number of fused-ring (bicyclic) bond motifs is 1. The summed E-state index contributed by atoms with van der Waals surface area (Å²) in [6.45, 7) is 5.14. The molecule has 1 heterocycles. The van der Waals surface area contributed by atoms with Crippen molar-refractivity contribution in [3.05, 3.63) is 33.8 Å². The Balaban J connectivity index is 2.24. The van der Waals surface area contributed by atoms with Crippen LogP contribution < -0.4 is 0 Å². The van der Waals surface area contributed by atoms with Crippen molar-refractivity contribution in [2.45, 2.75) is 52.1 Å². The second-order valence-corrected chi connectivity index (χ2v) is 5.78. The van der Waals surface area contributed by atoms with Crippen LogP contribution >= 0.6 is 15.9 Å². The second kappa shape index (κ2) is 5.87. The quantitative estimate of drug-likeness (QED) is 0.790. The van der Waals surface area contributed by atoms with Gasteiger partial charge < -0.3 is 4.90 Å². The van der Waals surface area contributed by atoms with Gasteiger partial charge in [0.1, 0.15) is 0 Å². The highest BCUT2D eigenvalue weighted by atomic mass is 79.9. The van der Waals surface area contributed by atoms with Crippen molar-refractivity contribution in [2.24, 2.45) is 0 Å². The highest BCUT2D eigenvalue weighted by molar-refractivity contribution is 9.10. The molecule has 18 heavy (non-hydrogen) atoms. The molecule has 98 valence electrons. The smallest absolute Gasteiger partial charge is 0.254 e. The summed E-state index contributed by atoms with van der Waals surface area (Å²) in [6, 6.07) is 6.30. The van der Waals surface area contributed by atoms with E-state index in [-0.39, 0.29) is 5.91 Å². The molecule has 0 aliphatic carbocycles. The Morgan fingerprint density at radius 2 is 1.94 bits per heavy atom. The van der Waals surface area contributed by atoms with E-state index in [2.05, 4.69) is 34.7 Å². The van der Waals surface area contributed by atoms with Crippen molar-refractivity contribution in [3.63, 3.8) is 0 Å². The van der Waals surface area contributed by atoms with Gasteiger partial charge in [-0.15, -0.1) is 0 Å². The number of nitrogens with zero attached hydrogens (tertiary/aromatic N) is 1. The predicted octanol–water partition coefficient (Wildman–Crippen LogP) is 4.37. The van der Waals surface area contributed by atoms with Crippen LogP contribution in [0, 0.1) is 0 Å². The summed E-state index contributed by atoms with van der Waals surface area (Å²) in [5.41, 5.74) is 2.03. The summed E-state index contributed by atoms with van der Waals surface area (Å²) < 4.78 is 1.06. The summed E-state index contributed by atoms with van der Waals surface area (Å²) in [4.78, 5) is 14.5. The summed E-state index contributed by atoms with van der Waals surface area (Å²) in [5.74, 6) is 0.207. The highest BCUT2D eigenvalue weighted by Crippen LogP contribution is 2.32. The molecule has 0 saturated heterocycles. The number of amides is 1. The molecule has 0 N–H and O–H groups in total. The van der Waals surface area contributed by atoms with Crippen LogP contribution in [-0.2, 0) is 6.54 Å². The van der Waals surface area contributed by atoms with E-state index < -0.39 is 0 Å². The first kappa shape index (κ1) is 13.6. The average molecular weight is 310 g/mol. The van der Waals surface area contributed by atoms with Crippen LogP contribution in [0.4, 0.5) is 0 Å². The Labute approximate surface area is 117 Å². The fraction of sp³-hybridized carbons (Fsp3) is 0.533. The van der Waals surface area contributed by atoms with Crippen molar-refractivity contribution < 1.29 is 4.79 Å². The molecule has 3 heteroatoms. The van der Waals surface area contributed by atoms with E-state index in [4.69, 9.17) is 0 Å². The molecule has 2 rings (SSSR count). The third-order valence-corrected chi connectivity index (χ3v) is 4.37. The van der Waals surface area contributed by atoms with Crippen molar-refractivity contribution in [2.75, 3.05) is 0 Å². The maximum absolute atomic E-state index is 12.4. The monoisotopic (exact) mass is 309 g/mol. The average Bonchev–Trinajstić information content (AvgIpc) is 2.69. The molecule has 0 atom stereocenters. The minimum Gasteiger partial charge on any atom is -0.331 e. The zero-order valence-corrected chi connectivity index (χ0v) is 12.7. The molecule has 2 nitrogen and oxygen atoms in total. The van der Waals surface area contributed by atoms with Crippen LogP contribution in [0.2, 0.25) is 0 Å². The molecule has 0 aromatic heterocycles. The molecular weight excluding hydrogens is 290 g/mol. The number of hydrogen-bond acceptors (Lipinski definition) is 1. The Kier molecular flexibility index (Phi) is 4.44. The van der Waals surface area contributed by atoms with E-state index in [0.29, 0.717) is 6.04 Å². The third-order valence-electron chi connectivity index (χ3n) is 3.62. The standard InChI is InChI=1S/C15H20BrNO/c1-3-6-11(7-4-2)17-10-13-12(15(17)18)8-5-9-14(13)16/h5,8-9,11H,3-4,6-7,10H2,1-2H3. The lowest BCUT2D eigenvalue weighted by molar-refractivity contribution is 0.0682. The van der Waals surface area contributed by atoms with Gasteiger partial charge >= 0.3 is 0 Å². The van der Waals surface area contributed by atoms with Gasteiger partial charge in [0.2, 0.25) is 0 Å². The van der Waals surface area contributed by atoms with E-state index in [1.807, 2.05) is 18.2 Å². The number of carbonyl (C=O) groups is 1. The van der Waals surface area contributed by atoms with Gasteiger partial charge in [-0.25, -0.2) is 0 Å². The van der Waals surface area contributed by atoms with Crippen molar-refractivity contribution in [1.82, 2.24) is 4.90 Å². The SMILES string of the molecule is CCCC(CCC)N1Cc2c(Br)cccc2C1=O. The third kappa shape index (κ3) is 2.46. The van der Waals surface area contributed by atoms with Crippen LogP contribution in [0.25, 0.3) is 0 Å². The topological polar surface area (TPSA) is 20.3 Å². The van der Waals surface area contributed by atoms with Crippen LogP contribution in [0.3, 0.4) is 0 Å². The van der Waals surface area contributed by atoms with Gasteiger partial charge in [-0.1, -0.05) is 48.7 Å². The van der Waals surface area contributed by atoms with E-state index in [0.717, 1.165) is 47.8 Å². The molecule has 0 bridgehead atoms. The van der Waals surface area contributed by atoms with Gasteiger partial charge in [-0.05, 0) is 30.5 Å². The van der Waals surface area contributed by atoms with Gasteiger partial charge in [0.25, 0.3) is 5.91 Å². The molecule has 1 aromatic rings. The predicted molar refractivity (Wildman–Crippen MR) is 77.6 cm³/mol. The first-order valence-electron chi connectivity index (χ1n) is 6.77. The number of hydrogen-bond donors (Lipinski definition) is 0. The number of carbonyl (C=O) groups excluding carboxylic acids is 1. The van der Waals surface area contributed by atoms with Crippen molar-refractivity contribution in [1.29, 1.82) is 0 Å². The first-order valence-corrected chi connectivity index (χ1v) is 7.56. The summed E-state index contributed by atoms with van der Waals surface area (Å²) in [5, 5.41) is 0. The number of rotatable bonds is 5. The fourth-order valence-electron chi connectivity index (χ4n) is 2.73. The summed E-state index contributed by atoms with van der Waals surface area (Å²) >= 11 is 3.55. The molecule has 0 saturated carbocycles. The first-order chi connectivity index (χ1) is 8.69. The Bertz CT molecular complexity index is 438. The molecule has 1 aliphatic rings. The maximum atomic E-state index is 12.4. The fourth-order valence-corrected chi connectivity index (χ4v) is 3.23. The van der Waals surface area contributed by atoms with E-state index in [9.17, 15) is 4.79 Å². The molecule has 1 aliphatic heterocycles. The highest BCUT2D eigenvalue weighted by Gasteiger charge is 2.32. The molecular formula is C15H20BrNO. The zero-order valence-electron chi connectivity index (χ0n) is 11.1. The molecule has 1 aromatic carbocycles. The van der Waals surface area contributed by atoms with Crippen molar-refractivity contribution >= 4 is 21.8 Å². The van der Waals surface area contributed by atoms with Crippen LogP contribution in [-0.4, -0.2) is 16.8 Å². The van der Waals surface area contributed by atoms with Crippen LogP contribution in [0.15, 0.2) is 22.7 Å². The molecule has 0 unspecified atom stereocenters. The Morgan fingerprint density at radius 3 is 2.50 bits per heavy atom. The van der Waals surface area contributed by atoms with Gasteiger partial charge in [-0.3, -0.25) is 4.79 Å². The summed E-state index contributed by atoms with van der Waals surface area (Å²) in [6.07, 6.45) is 4.47. The number of benzene rings is 1. The molecule has 0 spiro atoms. The molecule has 0 fully saturated rings. The lowest BCUT2D eigenvalue weighted by Gasteiger charge is -2.27. The van der Waals surface area contributed by atoms with Crippen LogP contribution in [0.5, 0.6) is 0 Å². The molecule has 0 radical (unpaired) electrons. The maximum Gasteiger partial charge on any atom is 0.254 e. The number of halogens is 1. The van der Waals surface area contributed by atoms with E-state index in [1.54, 1.807) is 0 Å². The Morgan fingerprint density at radius 1 is 1.28 bits per heavy atom. The van der Waals surface area contributed by atoms with Crippen molar-refractivity contribution in [3.8, 4) is 0 Å². The van der Waals surface area contributed by atoms with E-state index >= 15 is 0 Å². The lowest BCUT2D eigenvalue weighted by Crippen LogP contribution is -2.35. The Hall–Kier alpha value is -0.830. The normalized spacial score (nSPS) is 14.4. The van der Waals surface area contributed by atoms with Gasteiger partial charge in [0, 0.05) is 22.6 Å². The second-order valence-electron chi connectivity index (χ2n) is 4.93. The van der Waals surface area contributed by atoms with Crippen LogP contribution in [0.1, 0.15) is 55.5 Å². The van der Waals surface area contributed by atoms with E-state index in [1.165, 1.54) is 0 Å².